The third-order valence-corrected chi connectivity index (χ3v) is 3.85. The highest BCUT2D eigenvalue weighted by Crippen LogP contribution is 2.27. The van der Waals surface area contributed by atoms with E-state index in [2.05, 4.69) is 5.16 Å². The van der Waals surface area contributed by atoms with E-state index in [0.29, 0.717) is 17.0 Å². The molecule has 0 aliphatic rings. The fourth-order valence-corrected chi connectivity index (χ4v) is 2.40. The van der Waals surface area contributed by atoms with Crippen LogP contribution < -0.4 is 0 Å². The quantitative estimate of drug-likeness (QED) is 0.847. The molecule has 23 heavy (non-hydrogen) atoms. The van der Waals surface area contributed by atoms with Crippen molar-refractivity contribution in [1.29, 1.82) is 0 Å². The van der Waals surface area contributed by atoms with Crippen molar-refractivity contribution in [2.24, 2.45) is 5.41 Å². The van der Waals surface area contributed by atoms with E-state index in [0.717, 1.165) is 5.56 Å². The molecular formula is C17H22N2O4. The topological polar surface area (TPSA) is 86.8 Å². The number of aliphatic hydroxyl groups is 2. The van der Waals surface area contributed by atoms with Crippen LogP contribution in [0.3, 0.4) is 0 Å². The molecule has 6 nitrogen and oxygen atoms in total. The Morgan fingerprint density at radius 3 is 2.43 bits per heavy atom. The van der Waals surface area contributed by atoms with E-state index in [4.69, 9.17) is 4.52 Å². The van der Waals surface area contributed by atoms with Gasteiger partial charge in [-0.3, -0.25) is 4.79 Å². The minimum Gasteiger partial charge on any atom is -0.396 e. The van der Waals surface area contributed by atoms with Gasteiger partial charge in [0.1, 0.15) is 17.0 Å². The van der Waals surface area contributed by atoms with Gasteiger partial charge in [0, 0.05) is 24.6 Å². The van der Waals surface area contributed by atoms with E-state index >= 15 is 0 Å². The first-order chi connectivity index (χ1) is 10.9. The lowest BCUT2D eigenvalue weighted by Crippen LogP contribution is -2.41. The Bertz CT molecular complexity index is 662. The van der Waals surface area contributed by atoms with Crippen LogP contribution in [0.1, 0.15) is 23.0 Å². The first-order valence-corrected chi connectivity index (χ1v) is 7.41. The maximum Gasteiger partial charge on any atom is 0.259 e. The summed E-state index contributed by atoms with van der Waals surface area (Å²) in [5.74, 6) is 0.186. The second-order valence-electron chi connectivity index (χ2n) is 6.12. The SMILES string of the molecule is Cc1onc(-c2ccccc2)c1C(=O)N(C)CC(C)(CO)CO. The van der Waals surface area contributed by atoms with E-state index in [-0.39, 0.29) is 25.7 Å². The van der Waals surface area contributed by atoms with Gasteiger partial charge in [0.05, 0.1) is 13.2 Å². The summed E-state index contributed by atoms with van der Waals surface area (Å²) < 4.78 is 5.21. The van der Waals surface area contributed by atoms with Gasteiger partial charge in [-0.15, -0.1) is 0 Å². The number of aryl methyl sites for hydroxylation is 1. The van der Waals surface area contributed by atoms with Crippen molar-refractivity contribution in [3.05, 3.63) is 41.7 Å². The average molecular weight is 318 g/mol. The predicted molar refractivity (Wildman–Crippen MR) is 85.9 cm³/mol. The number of aromatic nitrogens is 1. The maximum absolute atomic E-state index is 12.8. The van der Waals surface area contributed by atoms with Crippen LogP contribution in [0, 0.1) is 12.3 Å². The molecule has 0 spiro atoms. The first kappa shape index (κ1) is 17.2. The van der Waals surface area contributed by atoms with Crippen LogP contribution in [0.5, 0.6) is 0 Å². The number of aliphatic hydroxyl groups excluding tert-OH is 2. The van der Waals surface area contributed by atoms with Gasteiger partial charge in [-0.05, 0) is 6.92 Å². The molecule has 124 valence electrons. The standard InChI is InChI=1S/C17H22N2O4/c1-12-14(15(18-23-12)13-7-5-4-6-8-13)16(22)19(3)9-17(2,10-20)11-21/h4-8,20-21H,9-11H2,1-3H3. The average Bonchev–Trinajstić information content (AvgIpc) is 2.96. The molecule has 1 amide bonds. The van der Waals surface area contributed by atoms with E-state index in [9.17, 15) is 15.0 Å². The Morgan fingerprint density at radius 2 is 1.87 bits per heavy atom. The molecule has 0 atom stereocenters. The summed E-state index contributed by atoms with van der Waals surface area (Å²) in [5.41, 5.74) is 0.933. The normalized spacial score (nSPS) is 11.5. The van der Waals surface area contributed by atoms with E-state index in [1.54, 1.807) is 20.9 Å². The van der Waals surface area contributed by atoms with Gasteiger partial charge in [-0.1, -0.05) is 42.4 Å². The van der Waals surface area contributed by atoms with Crippen molar-refractivity contribution >= 4 is 5.91 Å². The van der Waals surface area contributed by atoms with Crippen molar-refractivity contribution in [3.63, 3.8) is 0 Å². The Hall–Kier alpha value is -2.18. The summed E-state index contributed by atoms with van der Waals surface area (Å²) in [4.78, 5) is 14.3. The second-order valence-corrected chi connectivity index (χ2v) is 6.12. The minimum atomic E-state index is -0.762. The van der Waals surface area contributed by atoms with Gasteiger partial charge in [-0.25, -0.2) is 0 Å². The summed E-state index contributed by atoms with van der Waals surface area (Å²) in [6, 6.07) is 9.34. The van der Waals surface area contributed by atoms with Crippen molar-refractivity contribution in [2.45, 2.75) is 13.8 Å². The number of hydrogen-bond acceptors (Lipinski definition) is 5. The molecule has 1 heterocycles. The highest BCUT2D eigenvalue weighted by molar-refractivity contribution is 6.00. The Morgan fingerprint density at radius 1 is 1.26 bits per heavy atom. The molecule has 0 saturated carbocycles. The van der Waals surface area contributed by atoms with Crippen LogP contribution in [0.4, 0.5) is 0 Å². The molecule has 2 rings (SSSR count). The van der Waals surface area contributed by atoms with E-state index < -0.39 is 5.41 Å². The number of amides is 1. The van der Waals surface area contributed by atoms with Gasteiger partial charge in [-0.2, -0.15) is 0 Å². The molecule has 0 aliphatic heterocycles. The number of carbonyl (C=O) groups is 1. The number of benzene rings is 1. The van der Waals surface area contributed by atoms with Gasteiger partial charge in [0.25, 0.3) is 5.91 Å². The Labute approximate surface area is 135 Å². The Balaban J connectivity index is 2.32. The number of rotatable bonds is 6. The summed E-state index contributed by atoms with van der Waals surface area (Å²) >= 11 is 0. The van der Waals surface area contributed by atoms with Gasteiger partial charge < -0.3 is 19.6 Å². The molecule has 0 aliphatic carbocycles. The zero-order valence-electron chi connectivity index (χ0n) is 13.6. The number of hydrogen-bond donors (Lipinski definition) is 2. The van der Waals surface area contributed by atoms with E-state index in [1.165, 1.54) is 4.90 Å². The largest absolute Gasteiger partial charge is 0.396 e. The summed E-state index contributed by atoms with van der Waals surface area (Å²) in [6.45, 7) is 3.20. The van der Waals surface area contributed by atoms with Crippen molar-refractivity contribution in [3.8, 4) is 11.3 Å². The summed E-state index contributed by atoms with van der Waals surface area (Å²) in [5, 5.41) is 22.8. The monoisotopic (exact) mass is 318 g/mol. The summed E-state index contributed by atoms with van der Waals surface area (Å²) in [7, 11) is 1.63. The fraction of sp³-hybridized carbons (Fsp3) is 0.412. The molecule has 0 radical (unpaired) electrons. The number of nitrogens with zero attached hydrogens (tertiary/aromatic N) is 2. The lowest BCUT2D eigenvalue weighted by Gasteiger charge is -2.30. The van der Waals surface area contributed by atoms with Crippen LogP contribution in [-0.4, -0.2) is 53.0 Å². The first-order valence-electron chi connectivity index (χ1n) is 7.41. The zero-order chi connectivity index (χ0) is 17.0. The lowest BCUT2D eigenvalue weighted by atomic mass is 9.92. The van der Waals surface area contributed by atoms with Gasteiger partial charge >= 0.3 is 0 Å². The minimum absolute atomic E-state index is 0.213. The fourth-order valence-electron chi connectivity index (χ4n) is 2.40. The van der Waals surface area contributed by atoms with E-state index in [1.807, 2.05) is 30.3 Å². The predicted octanol–water partition coefficient (Wildman–Crippen LogP) is 1.71. The zero-order valence-corrected chi connectivity index (χ0v) is 13.6. The lowest BCUT2D eigenvalue weighted by molar-refractivity contribution is 0.0366. The van der Waals surface area contributed by atoms with Gasteiger partial charge in [0.15, 0.2) is 0 Å². The molecule has 1 aromatic carbocycles. The molecule has 2 aromatic rings. The molecular weight excluding hydrogens is 296 g/mol. The third kappa shape index (κ3) is 3.60. The van der Waals surface area contributed by atoms with Crippen molar-refractivity contribution in [1.82, 2.24) is 10.1 Å². The third-order valence-electron chi connectivity index (χ3n) is 3.85. The maximum atomic E-state index is 12.8. The molecule has 0 bridgehead atoms. The molecule has 0 unspecified atom stereocenters. The van der Waals surface area contributed by atoms with Crippen LogP contribution in [0.15, 0.2) is 34.9 Å². The van der Waals surface area contributed by atoms with Crippen LogP contribution >= 0.6 is 0 Å². The number of carbonyl (C=O) groups excluding carboxylic acids is 1. The smallest absolute Gasteiger partial charge is 0.259 e. The van der Waals surface area contributed by atoms with Gasteiger partial charge in [0.2, 0.25) is 0 Å². The molecule has 1 aromatic heterocycles. The van der Waals surface area contributed by atoms with Crippen LogP contribution in [0.25, 0.3) is 11.3 Å². The second kappa shape index (κ2) is 6.93. The molecule has 6 heteroatoms. The van der Waals surface area contributed by atoms with Crippen LogP contribution in [-0.2, 0) is 0 Å². The molecule has 2 N–H and O–H groups in total. The highest BCUT2D eigenvalue weighted by Gasteiger charge is 2.30. The Kier molecular flexibility index (Phi) is 5.18. The van der Waals surface area contributed by atoms with Crippen molar-refractivity contribution < 1.29 is 19.5 Å². The molecule has 0 saturated heterocycles. The van der Waals surface area contributed by atoms with Crippen molar-refractivity contribution in [2.75, 3.05) is 26.8 Å². The highest BCUT2D eigenvalue weighted by atomic mass is 16.5. The van der Waals surface area contributed by atoms with Crippen LogP contribution in [0.2, 0.25) is 0 Å². The summed E-state index contributed by atoms with van der Waals surface area (Å²) in [6.07, 6.45) is 0. The molecule has 0 fully saturated rings.